The lowest BCUT2D eigenvalue weighted by molar-refractivity contribution is 0.0996. The van der Waals surface area contributed by atoms with Crippen LogP contribution in [-0.4, -0.2) is 15.8 Å². The third-order valence-corrected chi connectivity index (χ3v) is 3.50. The fourth-order valence-corrected chi connectivity index (χ4v) is 2.46. The van der Waals surface area contributed by atoms with E-state index in [1.807, 2.05) is 12.1 Å². The molecule has 0 spiro atoms. The number of halogens is 1. The summed E-state index contributed by atoms with van der Waals surface area (Å²) >= 11 is 4.77. The number of carbonyl (C=O) groups is 1. The standard InChI is InChI=1S/C10H7BrN2OS/c11-10-2-1-9(15-10)8(14)5-7-3-4-12-6-13-7/h1-4,6H,5H2. The number of hydrogen-bond donors (Lipinski definition) is 0. The highest BCUT2D eigenvalue weighted by Crippen LogP contribution is 2.23. The molecule has 0 aromatic carbocycles. The Kier molecular flexibility index (Phi) is 3.23. The molecule has 0 unspecified atom stereocenters. The molecule has 76 valence electrons. The van der Waals surface area contributed by atoms with Gasteiger partial charge in [-0.1, -0.05) is 0 Å². The average Bonchev–Trinajstić information content (AvgIpc) is 2.66. The molecule has 0 aliphatic carbocycles. The molecule has 0 atom stereocenters. The van der Waals surface area contributed by atoms with Gasteiger partial charge in [0.05, 0.1) is 20.8 Å². The van der Waals surface area contributed by atoms with Crippen LogP contribution in [0.3, 0.4) is 0 Å². The second kappa shape index (κ2) is 4.63. The van der Waals surface area contributed by atoms with E-state index in [4.69, 9.17) is 0 Å². The van der Waals surface area contributed by atoms with Gasteiger partial charge in [0.1, 0.15) is 6.33 Å². The Bertz CT molecular complexity index is 469. The second-order valence-electron chi connectivity index (χ2n) is 2.90. The van der Waals surface area contributed by atoms with E-state index in [1.165, 1.54) is 17.7 Å². The molecule has 0 radical (unpaired) electrons. The van der Waals surface area contributed by atoms with Crippen molar-refractivity contribution < 1.29 is 4.79 Å². The predicted octanol–water partition coefficient (Wildman–Crippen LogP) is 2.73. The molecule has 3 nitrogen and oxygen atoms in total. The molecule has 0 aliphatic heterocycles. The summed E-state index contributed by atoms with van der Waals surface area (Å²) in [6.45, 7) is 0. The number of thiophene rings is 1. The van der Waals surface area contributed by atoms with Gasteiger partial charge in [0.25, 0.3) is 0 Å². The van der Waals surface area contributed by atoms with Crippen LogP contribution in [0.15, 0.2) is 34.5 Å². The van der Waals surface area contributed by atoms with Crippen molar-refractivity contribution in [1.29, 1.82) is 0 Å². The van der Waals surface area contributed by atoms with Crippen LogP contribution in [0.25, 0.3) is 0 Å². The van der Waals surface area contributed by atoms with Gasteiger partial charge in [-0.2, -0.15) is 0 Å². The van der Waals surface area contributed by atoms with Crippen LogP contribution >= 0.6 is 27.3 Å². The van der Waals surface area contributed by atoms with E-state index < -0.39 is 0 Å². The van der Waals surface area contributed by atoms with Gasteiger partial charge in [0.2, 0.25) is 0 Å². The smallest absolute Gasteiger partial charge is 0.178 e. The van der Waals surface area contributed by atoms with Gasteiger partial charge in [-0.05, 0) is 34.1 Å². The molecule has 0 saturated carbocycles. The fraction of sp³-hybridized carbons (Fsp3) is 0.100. The van der Waals surface area contributed by atoms with Crippen LogP contribution < -0.4 is 0 Å². The van der Waals surface area contributed by atoms with Crippen molar-refractivity contribution in [3.63, 3.8) is 0 Å². The molecule has 2 heterocycles. The molecule has 2 rings (SSSR count). The highest BCUT2D eigenvalue weighted by atomic mass is 79.9. The average molecular weight is 283 g/mol. The van der Waals surface area contributed by atoms with E-state index in [0.717, 1.165) is 14.4 Å². The van der Waals surface area contributed by atoms with Gasteiger partial charge >= 0.3 is 0 Å². The Hall–Kier alpha value is -1.07. The summed E-state index contributed by atoms with van der Waals surface area (Å²) in [5.41, 5.74) is 0.750. The van der Waals surface area contributed by atoms with Crippen molar-refractivity contribution in [1.82, 2.24) is 9.97 Å². The van der Waals surface area contributed by atoms with Crippen LogP contribution in [0.4, 0.5) is 0 Å². The Morgan fingerprint density at radius 3 is 2.87 bits per heavy atom. The zero-order chi connectivity index (χ0) is 10.7. The molecule has 15 heavy (non-hydrogen) atoms. The lowest BCUT2D eigenvalue weighted by Crippen LogP contribution is -2.02. The molecule has 2 aromatic heterocycles. The first-order chi connectivity index (χ1) is 7.25. The summed E-state index contributed by atoms with van der Waals surface area (Å²) in [6.07, 6.45) is 3.42. The number of nitrogens with zero attached hydrogens (tertiary/aromatic N) is 2. The van der Waals surface area contributed by atoms with Crippen LogP contribution in [-0.2, 0) is 6.42 Å². The fourth-order valence-electron chi connectivity index (χ4n) is 1.14. The molecular formula is C10H7BrN2OS. The topological polar surface area (TPSA) is 42.9 Å². The van der Waals surface area contributed by atoms with E-state index in [0.29, 0.717) is 6.42 Å². The normalized spacial score (nSPS) is 10.2. The first-order valence-corrected chi connectivity index (χ1v) is 5.90. The summed E-state index contributed by atoms with van der Waals surface area (Å²) in [4.78, 5) is 20.3. The summed E-state index contributed by atoms with van der Waals surface area (Å²) in [6, 6.07) is 5.44. The van der Waals surface area contributed by atoms with E-state index in [2.05, 4.69) is 25.9 Å². The molecule has 0 bridgehead atoms. The number of rotatable bonds is 3. The zero-order valence-electron chi connectivity index (χ0n) is 7.68. The van der Waals surface area contributed by atoms with Crippen molar-refractivity contribution in [3.05, 3.63) is 45.1 Å². The van der Waals surface area contributed by atoms with Crippen molar-refractivity contribution >= 4 is 33.0 Å². The van der Waals surface area contributed by atoms with E-state index in [-0.39, 0.29) is 5.78 Å². The van der Waals surface area contributed by atoms with Gasteiger partial charge < -0.3 is 0 Å². The Labute approximate surface area is 99.3 Å². The summed E-state index contributed by atoms with van der Waals surface area (Å²) in [7, 11) is 0. The minimum atomic E-state index is 0.0874. The first kappa shape index (κ1) is 10.4. The molecule has 0 fully saturated rings. The van der Waals surface area contributed by atoms with Crippen molar-refractivity contribution in [2.24, 2.45) is 0 Å². The third kappa shape index (κ3) is 2.70. The van der Waals surface area contributed by atoms with Crippen molar-refractivity contribution in [2.75, 3.05) is 0 Å². The zero-order valence-corrected chi connectivity index (χ0v) is 10.1. The number of Topliss-reactive ketones (excluding diaryl/α,β-unsaturated/α-hetero) is 1. The summed E-state index contributed by atoms with van der Waals surface area (Å²) < 4.78 is 0.966. The second-order valence-corrected chi connectivity index (χ2v) is 5.37. The monoisotopic (exact) mass is 282 g/mol. The van der Waals surface area contributed by atoms with Crippen molar-refractivity contribution in [3.8, 4) is 0 Å². The minimum absolute atomic E-state index is 0.0874. The highest BCUT2D eigenvalue weighted by Gasteiger charge is 2.09. The molecule has 0 N–H and O–H groups in total. The lowest BCUT2D eigenvalue weighted by atomic mass is 10.2. The molecule has 0 saturated heterocycles. The number of aromatic nitrogens is 2. The third-order valence-electron chi connectivity index (χ3n) is 1.83. The number of hydrogen-bond acceptors (Lipinski definition) is 4. The maximum absolute atomic E-state index is 11.8. The molecule has 2 aromatic rings. The molecule has 5 heteroatoms. The first-order valence-electron chi connectivity index (χ1n) is 4.29. The molecular weight excluding hydrogens is 276 g/mol. The van der Waals surface area contributed by atoms with Gasteiger partial charge in [0, 0.05) is 6.20 Å². The van der Waals surface area contributed by atoms with E-state index in [1.54, 1.807) is 12.3 Å². The Morgan fingerprint density at radius 1 is 1.40 bits per heavy atom. The number of ketones is 1. The molecule has 0 aliphatic rings. The largest absolute Gasteiger partial charge is 0.293 e. The van der Waals surface area contributed by atoms with Gasteiger partial charge in [-0.25, -0.2) is 9.97 Å². The van der Waals surface area contributed by atoms with Gasteiger partial charge in [-0.15, -0.1) is 11.3 Å². The minimum Gasteiger partial charge on any atom is -0.293 e. The summed E-state index contributed by atoms with van der Waals surface area (Å²) in [5.74, 6) is 0.0874. The SMILES string of the molecule is O=C(Cc1ccncn1)c1ccc(Br)s1. The number of carbonyl (C=O) groups excluding carboxylic acids is 1. The lowest BCUT2D eigenvalue weighted by Gasteiger charge is -1.96. The van der Waals surface area contributed by atoms with Gasteiger partial charge in [-0.3, -0.25) is 4.79 Å². The highest BCUT2D eigenvalue weighted by molar-refractivity contribution is 9.11. The van der Waals surface area contributed by atoms with E-state index in [9.17, 15) is 4.79 Å². The summed E-state index contributed by atoms with van der Waals surface area (Å²) in [5, 5.41) is 0. The predicted molar refractivity (Wildman–Crippen MR) is 62.1 cm³/mol. The quantitative estimate of drug-likeness (QED) is 0.813. The van der Waals surface area contributed by atoms with Crippen LogP contribution in [0.2, 0.25) is 0 Å². The van der Waals surface area contributed by atoms with Gasteiger partial charge in [0.15, 0.2) is 5.78 Å². The molecule has 0 amide bonds. The van der Waals surface area contributed by atoms with E-state index >= 15 is 0 Å². The Balaban J connectivity index is 2.11. The van der Waals surface area contributed by atoms with Crippen LogP contribution in [0.1, 0.15) is 15.4 Å². The van der Waals surface area contributed by atoms with Crippen molar-refractivity contribution in [2.45, 2.75) is 6.42 Å². The van der Waals surface area contributed by atoms with Crippen LogP contribution in [0.5, 0.6) is 0 Å². The van der Waals surface area contributed by atoms with Crippen LogP contribution in [0, 0.1) is 0 Å². The maximum atomic E-state index is 11.8. The maximum Gasteiger partial charge on any atom is 0.178 e. The Morgan fingerprint density at radius 2 is 2.27 bits per heavy atom.